The molecule has 2 rings (SSSR count). The Morgan fingerprint density at radius 2 is 1.65 bits per heavy atom. The van der Waals surface area contributed by atoms with Crippen molar-refractivity contribution in [3.8, 4) is 0 Å². The van der Waals surface area contributed by atoms with Crippen LogP contribution in [0.2, 0.25) is 10.0 Å². The minimum atomic E-state index is -0.135. The lowest BCUT2D eigenvalue weighted by atomic mass is 10.1. The molecule has 23 heavy (non-hydrogen) atoms. The van der Waals surface area contributed by atoms with Crippen LogP contribution in [0.4, 0.5) is 0 Å². The molecule has 2 N–H and O–H groups in total. The molecule has 0 fully saturated rings. The Bertz CT molecular complexity index is 658. The van der Waals surface area contributed by atoms with E-state index in [2.05, 4.69) is 10.6 Å². The topological polar surface area (TPSA) is 41.1 Å². The molecule has 0 saturated heterocycles. The van der Waals surface area contributed by atoms with Crippen molar-refractivity contribution in [2.45, 2.75) is 25.9 Å². The van der Waals surface area contributed by atoms with E-state index in [9.17, 15) is 4.79 Å². The van der Waals surface area contributed by atoms with Gasteiger partial charge in [-0.2, -0.15) is 0 Å². The van der Waals surface area contributed by atoms with Gasteiger partial charge in [-0.05, 0) is 43.2 Å². The van der Waals surface area contributed by atoms with E-state index in [4.69, 9.17) is 23.2 Å². The van der Waals surface area contributed by atoms with Crippen LogP contribution in [0.3, 0.4) is 0 Å². The lowest BCUT2D eigenvalue weighted by molar-refractivity contribution is -0.121. The summed E-state index contributed by atoms with van der Waals surface area (Å²) in [4.78, 5) is 12.1. The first-order chi connectivity index (χ1) is 11.0. The third-order valence-electron chi connectivity index (χ3n) is 3.69. The summed E-state index contributed by atoms with van der Waals surface area (Å²) in [6, 6.07) is 15.0. The summed E-state index contributed by atoms with van der Waals surface area (Å²) >= 11 is 12.0. The van der Waals surface area contributed by atoms with Gasteiger partial charge in [0.1, 0.15) is 0 Å². The summed E-state index contributed by atoms with van der Waals surface area (Å²) < 4.78 is 0. The van der Waals surface area contributed by atoms with Crippen LogP contribution >= 0.6 is 23.2 Å². The lowest BCUT2D eigenvalue weighted by Crippen LogP contribution is -2.36. The Morgan fingerprint density at radius 1 is 1.00 bits per heavy atom. The molecule has 0 aromatic heterocycles. The number of carbonyl (C=O) groups is 1. The predicted molar refractivity (Wildman–Crippen MR) is 95.9 cm³/mol. The highest BCUT2D eigenvalue weighted by molar-refractivity contribution is 6.31. The first-order valence-corrected chi connectivity index (χ1v) is 8.25. The standard InChI is InChI=1S/C18H20Cl2N2O/c1-12(14-7-9-15(19)10-8-14)21-11-18(23)22-13(2)16-5-3-4-6-17(16)20/h3-10,12-13,21H,11H2,1-2H3,(H,22,23)/t12-,13+/m0/s1. The molecule has 2 aromatic rings. The van der Waals surface area contributed by atoms with E-state index in [1.807, 2.05) is 62.4 Å². The summed E-state index contributed by atoms with van der Waals surface area (Å²) in [5, 5.41) is 7.50. The maximum absolute atomic E-state index is 12.1. The molecule has 0 aliphatic carbocycles. The normalized spacial score (nSPS) is 13.4. The van der Waals surface area contributed by atoms with Gasteiger partial charge in [0.15, 0.2) is 0 Å². The number of hydrogen-bond donors (Lipinski definition) is 2. The van der Waals surface area contributed by atoms with Crippen LogP contribution in [0.15, 0.2) is 48.5 Å². The Morgan fingerprint density at radius 3 is 2.30 bits per heavy atom. The highest BCUT2D eigenvalue weighted by Crippen LogP contribution is 2.22. The lowest BCUT2D eigenvalue weighted by Gasteiger charge is -2.18. The molecular formula is C18H20Cl2N2O. The van der Waals surface area contributed by atoms with Crippen LogP contribution < -0.4 is 10.6 Å². The molecule has 1 amide bonds. The van der Waals surface area contributed by atoms with E-state index < -0.39 is 0 Å². The van der Waals surface area contributed by atoms with Crippen LogP contribution in [-0.4, -0.2) is 12.5 Å². The van der Waals surface area contributed by atoms with E-state index in [0.717, 1.165) is 11.1 Å². The van der Waals surface area contributed by atoms with Crippen molar-refractivity contribution in [1.82, 2.24) is 10.6 Å². The van der Waals surface area contributed by atoms with Crippen LogP contribution in [0.1, 0.15) is 37.1 Å². The summed E-state index contributed by atoms with van der Waals surface area (Å²) in [6.07, 6.45) is 0. The third kappa shape index (κ3) is 5.24. The molecule has 0 spiro atoms. The summed E-state index contributed by atoms with van der Waals surface area (Å²) in [5.74, 6) is -0.0711. The van der Waals surface area contributed by atoms with Gasteiger partial charge in [-0.25, -0.2) is 0 Å². The van der Waals surface area contributed by atoms with Gasteiger partial charge in [0.05, 0.1) is 12.6 Å². The Hall–Kier alpha value is -1.55. The van der Waals surface area contributed by atoms with Gasteiger partial charge in [-0.3, -0.25) is 4.79 Å². The van der Waals surface area contributed by atoms with E-state index >= 15 is 0 Å². The van der Waals surface area contributed by atoms with Gasteiger partial charge in [0.25, 0.3) is 0 Å². The van der Waals surface area contributed by atoms with Crippen molar-refractivity contribution >= 4 is 29.1 Å². The monoisotopic (exact) mass is 350 g/mol. The molecule has 0 aliphatic rings. The van der Waals surface area contributed by atoms with Crippen molar-refractivity contribution in [2.24, 2.45) is 0 Å². The van der Waals surface area contributed by atoms with Gasteiger partial charge >= 0.3 is 0 Å². The van der Waals surface area contributed by atoms with E-state index in [0.29, 0.717) is 10.0 Å². The van der Waals surface area contributed by atoms with Gasteiger partial charge < -0.3 is 10.6 Å². The second kappa shape index (κ2) is 8.34. The number of rotatable bonds is 6. The van der Waals surface area contributed by atoms with E-state index in [-0.39, 0.29) is 24.5 Å². The molecule has 0 radical (unpaired) electrons. The van der Waals surface area contributed by atoms with Crippen molar-refractivity contribution in [2.75, 3.05) is 6.54 Å². The fourth-order valence-electron chi connectivity index (χ4n) is 2.31. The zero-order chi connectivity index (χ0) is 16.8. The molecular weight excluding hydrogens is 331 g/mol. The average Bonchev–Trinajstić information content (AvgIpc) is 2.53. The smallest absolute Gasteiger partial charge is 0.234 e. The van der Waals surface area contributed by atoms with Gasteiger partial charge in [-0.1, -0.05) is 53.5 Å². The second-order valence-corrected chi connectivity index (χ2v) is 6.31. The summed E-state index contributed by atoms with van der Waals surface area (Å²) in [6.45, 7) is 4.16. The minimum Gasteiger partial charge on any atom is -0.348 e. The van der Waals surface area contributed by atoms with Gasteiger partial charge in [-0.15, -0.1) is 0 Å². The van der Waals surface area contributed by atoms with Crippen LogP contribution in [-0.2, 0) is 4.79 Å². The highest BCUT2D eigenvalue weighted by atomic mass is 35.5. The highest BCUT2D eigenvalue weighted by Gasteiger charge is 2.13. The van der Waals surface area contributed by atoms with Crippen molar-refractivity contribution in [3.63, 3.8) is 0 Å². The van der Waals surface area contributed by atoms with Crippen molar-refractivity contribution < 1.29 is 4.79 Å². The predicted octanol–water partition coefficient (Wildman–Crippen LogP) is 4.52. The molecule has 0 unspecified atom stereocenters. The number of hydrogen-bond acceptors (Lipinski definition) is 2. The Labute approximate surface area is 147 Å². The van der Waals surface area contributed by atoms with Crippen LogP contribution in [0, 0.1) is 0 Å². The molecule has 2 atom stereocenters. The number of amides is 1. The van der Waals surface area contributed by atoms with E-state index in [1.165, 1.54) is 0 Å². The number of carbonyl (C=O) groups excluding carboxylic acids is 1. The SMILES string of the molecule is C[C@H](NCC(=O)N[C@H](C)c1ccccc1Cl)c1ccc(Cl)cc1. The largest absolute Gasteiger partial charge is 0.348 e. The fraction of sp³-hybridized carbons (Fsp3) is 0.278. The molecule has 2 aromatic carbocycles. The van der Waals surface area contributed by atoms with Gasteiger partial charge in [0, 0.05) is 16.1 Å². The van der Waals surface area contributed by atoms with Gasteiger partial charge in [0.2, 0.25) is 5.91 Å². The van der Waals surface area contributed by atoms with Crippen LogP contribution in [0.5, 0.6) is 0 Å². The molecule has 0 heterocycles. The maximum Gasteiger partial charge on any atom is 0.234 e. The Balaban J connectivity index is 1.85. The third-order valence-corrected chi connectivity index (χ3v) is 4.28. The average molecular weight is 351 g/mol. The first kappa shape index (κ1) is 17.8. The number of benzene rings is 2. The minimum absolute atomic E-state index is 0.0636. The molecule has 5 heteroatoms. The second-order valence-electron chi connectivity index (χ2n) is 5.46. The quantitative estimate of drug-likeness (QED) is 0.803. The number of nitrogens with one attached hydrogen (secondary N) is 2. The number of halogens is 2. The Kier molecular flexibility index (Phi) is 6.46. The molecule has 0 bridgehead atoms. The molecule has 0 saturated carbocycles. The zero-order valence-corrected chi connectivity index (χ0v) is 14.7. The molecule has 3 nitrogen and oxygen atoms in total. The van der Waals surface area contributed by atoms with Crippen LogP contribution in [0.25, 0.3) is 0 Å². The maximum atomic E-state index is 12.1. The fourth-order valence-corrected chi connectivity index (χ4v) is 2.74. The van der Waals surface area contributed by atoms with Crippen molar-refractivity contribution in [1.29, 1.82) is 0 Å². The molecule has 0 aliphatic heterocycles. The molecule has 122 valence electrons. The van der Waals surface area contributed by atoms with Crippen molar-refractivity contribution in [3.05, 3.63) is 69.7 Å². The van der Waals surface area contributed by atoms with E-state index in [1.54, 1.807) is 0 Å². The zero-order valence-electron chi connectivity index (χ0n) is 13.1. The first-order valence-electron chi connectivity index (χ1n) is 7.50. The summed E-state index contributed by atoms with van der Waals surface area (Å²) in [5.41, 5.74) is 2.00. The summed E-state index contributed by atoms with van der Waals surface area (Å²) in [7, 11) is 0.